The molecule has 1 aromatic heterocycles. The first-order valence-electron chi connectivity index (χ1n) is 7.91. The Kier molecular flexibility index (Phi) is 6.11. The highest BCUT2D eigenvalue weighted by atomic mass is 15.3. The summed E-state index contributed by atoms with van der Waals surface area (Å²) >= 11 is 0. The van der Waals surface area contributed by atoms with Gasteiger partial charge >= 0.3 is 0 Å². The van der Waals surface area contributed by atoms with E-state index in [4.69, 9.17) is 5.10 Å². The molecule has 0 aliphatic carbocycles. The summed E-state index contributed by atoms with van der Waals surface area (Å²) in [5.74, 6) is 0.983. The third kappa shape index (κ3) is 3.87. The summed E-state index contributed by atoms with van der Waals surface area (Å²) < 4.78 is 1.93. The summed E-state index contributed by atoms with van der Waals surface area (Å²) in [4.78, 5) is 3.95. The fraction of sp³-hybridized carbons (Fsp3) is 0.333. The van der Waals surface area contributed by atoms with Gasteiger partial charge in [-0.25, -0.2) is 4.68 Å². The Bertz CT molecular complexity index is 670. The van der Waals surface area contributed by atoms with E-state index in [0.29, 0.717) is 0 Å². The van der Waals surface area contributed by atoms with Gasteiger partial charge in [0.25, 0.3) is 0 Å². The number of hydrogen-bond donors (Lipinski definition) is 2. The van der Waals surface area contributed by atoms with Gasteiger partial charge in [0.05, 0.1) is 11.4 Å². The molecule has 5 nitrogen and oxygen atoms in total. The molecule has 0 aliphatic heterocycles. The molecule has 2 N–H and O–H groups in total. The Labute approximate surface area is 138 Å². The van der Waals surface area contributed by atoms with Crippen LogP contribution in [0.2, 0.25) is 0 Å². The first-order valence-corrected chi connectivity index (χ1v) is 7.91. The molecule has 0 fully saturated rings. The van der Waals surface area contributed by atoms with Gasteiger partial charge in [-0.15, -0.1) is 0 Å². The minimum absolute atomic E-state index is 0.725. The van der Waals surface area contributed by atoms with Crippen molar-refractivity contribution in [3.8, 4) is 5.69 Å². The first kappa shape index (κ1) is 17.0. The number of rotatable bonds is 8. The quantitative estimate of drug-likeness (QED) is 0.581. The molecule has 2 rings (SSSR count). The predicted octanol–water partition coefficient (Wildman–Crippen LogP) is 3.26. The van der Waals surface area contributed by atoms with Gasteiger partial charge in [0.1, 0.15) is 5.82 Å². The van der Waals surface area contributed by atoms with E-state index in [1.807, 2.05) is 42.1 Å². The second-order valence-corrected chi connectivity index (χ2v) is 5.33. The van der Waals surface area contributed by atoms with E-state index < -0.39 is 0 Å². The van der Waals surface area contributed by atoms with Gasteiger partial charge in [-0.2, -0.15) is 5.10 Å². The van der Waals surface area contributed by atoms with Gasteiger partial charge in [0.15, 0.2) is 0 Å². The van der Waals surface area contributed by atoms with Crippen molar-refractivity contribution < 1.29 is 0 Å². The number of anilines is 1. The van der Waals surface area contributed by atoms with Crippen LogP contribution < -0.4 is 10.6 Å². The number of para-hydroxylation sites is 1. The van der Waals surface area contributed by atoms with Crippen molar-refractivity contribution in [3.63, 3.8) is 0 Å². The molecule has 5 heteroatoms. The number of hydrogen-bond acceptors (Lipinski definition) is 4. The third-order valence-corrected chi connectivity index (χ3v) is 3.65. The van der Waals surface area contributed by atoms with Crippen molar-refractivity contribution >= 4 is 18.1 Å². The van der Waals surface area contributed by atoms with Gasteiger partial charge < -0.3 is 10.6 Å². The monoisotopic (exact) mass is 311 g/mol. The Morgan fingerprint density at radius 3 is 2.70 bits per heavy atom. The van der Waals surface area contributed by atoms with E-state index in [9.17, 15) is 0 Å². The van der Waals surface area contributed by atoms with E-state index in [2.05, 4.69) is 36.2 Å². The lowest BCUT2D eigenvalue weighted by atomic mass is 10.1. The van der Waals surface area contributed by atoms with Crippen molar-refractivity contribution in [2.45, 2.75) is 20.3 Å². The number of benzene rings is 1. The molecule has 1 heterocycles. The molecule has 0 unspecified atom stereocenters. The number of nitrogens with zero attached hydrogens (tertiary/aromatic N) is 3. The lowest BCUT2D eigenvalue weighted by Gasteiger charge is -2.06. The largest absolute Gasteiger partial charge is 0.373 e. The molecular formula is C18H25N5. The molecule has 122 valence electrons. The molecular weight excluding hydrogens is 286 g/mol. The van der Waals surface area contributed by atoms with Crippen LogP contribution in [0, 0.1) is 6.92 Å². The molecule has 2 aromatic rings. The molecule has 23 heavy (non-hydrogen) atoms. The summed E-state index contributed by atoms with van der Waals surface area (Å²) in [5.41, 5.74) is 4.11. The molecule has 0 bridgehead atoms. The normalized spacial score (nSPS) is 11.5. The van der Waals surface area contributed by atoms with Crippen LogP contribution in [0.3, 0.4) is 0 Å². The van der Waals surface area contributed by atoms with Crippen LogP contribution in [0.5, 0.6) is 0 Å². The maximum atomic E-state index is 4.81. The lowest BCUT2D eigenvalue weighted by Crippen LogP contribution is -2.17. The summed E-state index contributed by atoms with van der Waals surface area (Å²) in [6.45, 7) is 9.50. The van der Waals surface area contributed by atoms with Gasteiger partial charge in [-0.05, 0) is 38.7 Å². The maximum absolute atomic E-state index is 4.81. The van der Waals surface area contributed by atoms with Crippen molar-refractivity contribution in [2.24, 2.45) is 4.99 Å². The van der Waals surface area contributed by atoms with Crippen molar-refractivity contribution in [3.05, 3.63) is 47.8 Å². The second kappa shape index (κ2) is 8.29. The average molecular weight is 311 g/mol. The molecule has 0 atom stereocenters. The highest BCUT2D eigenvalue weighted by Gasteiger charge is 2.17. The fourth-order valence-corrected chi connectivity index (χ4v) is 2.55. The predicted molar refractivity (Wildman–Crippen MR) is 98.5 cm³/mol. The van der Waals surface area contributed by atoms with Crippen LogP contribution in [-0.4, -0.2) is 36.6 Å². The van der Waals surface area contributed by atoms with E-state index in [1.165, 1.54) is 0 Å². The summed E-state index contributed by atoms with van der Waals surface area (Å²) in [5, 5.41) is 11.5. The number of aliphatic imine (C=N–C) groups is 1. The average Bonchev–Trinajstić information content (AvgIpc) is 2.91. The zero-order chi connectivity index (χ0) is 16.7. The van der Waals surface area contributed by atoms with Gasteiger partial charge in [0.2, 0.25) is 0 Å². The molecule has 0 saturated heterocycles. The van der Waals surface area contributed by atoms with Gasteiger partial charge in [-0.1, -0.05) is 25.1 Å². The highest BCUT2D eigenvalue weighted by Crippen LogP contribution is 2.27. The zero-order valence-corrected chi connectivity index (χ0v) is 14.1. The first-order chi connectivity index (χ1) is 11.2. The highest BCUT2D eigenvalue weighted by molar-refractivity contribution is 5.71. The van der Waals surface area contributed by atoms with E-state index in [0.717, 1.165) is 47.8 Å². The Balaban J connectivity index is 2.44. The third-order valence-electron chi connectivity index (χ3n) is 3.65. The van der Waals surface area contributed by atoms with Crippen LogP contribution in [0.25, 0.3) is 11.3 Å². The Hall–Kier alpha value is -2.40. The van der Waals surface area contributed by atoms with Crippen LogP contribution in [-0.2, 0) is 0 Å². The van der Waals surface area contributed by atoms with Crippen LogP contribution in [0.1, 0.15) is 24.6 Å². The number of nitrogens with one attached hydrogen (secondary N) is 2. The van der Waals surface area contributed by atoms with E-state index >= 15 is 0 Å². The van der Waals surface area contributed by atoms with Crippen molar-refractivity contribution in [1.29, 1.82) is 0 Å². The topological polar surface area (TPSA) is 54.2 Å². The number of aromatic nitrogens is 2. The van der Waals surface area contributed by atoms with Gasteiger partial charge in [0, 0.05) is 30.9 Å². The molecule has 0 saturated carbocycles. The van der Waals surface area contributed by atoms with Crippen LogP contribution in [0.4, 0.5) is 5.82 Å². The van der Waals surface area contributed by atoms with E-state index in [-0.39, 0.29) is 0 Å². The standard InChI is InChI=1S/C18H25N5/c1-5-11-21-13-15(12-19-3)17-14(2)18(20-4)23(22-17)16-9-7-6-8-10-16/h6-10,12,20-21H,3,5,11,13H2,1-2,4H3/b15-12+. The smallest absolute Gasteiger partial charge is 0.133 e. The molecule has 0 aliphatic rings. The second-order valence-electron chi connectivity index (χ2n) is 5.33. The SMILES string of the molecule is C=N/C=C(\CNCCC)c1nn(-c2ccccc2)c(NC)c1C. The fourth-order valence-electron chi connectivity index (χ4n) is 2.55. The minimum Gasteiger partial charge on any atom is -0.373 e. The zero-order valence-electron chi connectivity index (χ0n) is 14.1. The van der Waals surface area contributed by atoms with Crippen LogP contribution >= 0.6 is 0 Å². The maximum Gasteiger partial charge on any atom is 0.133 e. The molecule has 0 radical (unpaired) electrons. The van der Waals surface area contributed by atoms with E-state index in [1.54, 1.807) is 6.20 Å². The molecule has 0 spiro atoms. The van der Waals surface area contributed by atoms with Crippen LogP contribution in [0.15, 0.2) is 41.5 Å². The summed E-state index contributed by atoms with van der Waals surface area (Å²) in [6, 6.07) is 10.1. The van der Waals surface area contributed by atoms with Crippen molar-refractivity contribution in [2.75, 3.05) is 25.5 Å². The summed E-state index contributed by atoms with van der Waals surface area (Å²) in [7, 11) is 1.91. The molecule has 0 amide bonds. The molecule has 1 aromatic carbocycles. The van der Waals surface area contributed by atoms with Crippen molar-refractivity contribution in [1.82, 2.24) is 15.1 Å². The minimum atomic E-state index is 0.725. The van der Waals surface area contributed by atoms with Gasteiger partial charge in [-0.3, -0.25) is 4.99 Å². The Morgan fingerprint density at radius 1 is 1.35 bits per heavy atom. The lowest BCUT2D eigenvalue weighted by molar-refractivity contribution is 0.732. The summed E-state index contributed by atoms with van der Waals surface area (Å²) in [6.07, 6.45) is 2.88. The Morgan fingerprint density at radius 2 is 2.09 bits per heavy atom.